The highest BCUT2D eigenvalue weighted by atomic mass is 32.1. The second kappa shape index (κ2) is 8.31. The fraction of sp³-hybridized carbons (Fsp3) is 0.421. The van der Waals surface area contributed by atoms with Crippen LogP contribution >= 0.6 is 11.3 Å². The van der Waals surface area contributed by atoms with Gasteiger partial charge in [0.05, 0.1) is 5.01 Å². The number of carbonyl (C=O) groups is 2. The molecule has 0 bridgehead atoms. The number of amides is 3. The van der Waals surface area contributed by atoms with Gasteiger partial charge < -0.3 is 15.1 Å². The molecule has 3 amide bonds. The number of benzene rings is 1. The van der Waals surface area contributed by atoms with E-state index in [0.717, 1.165) is 10.6 Å². The van der Waals surface area contributed by atoms with Crippen LogP contribution in [-0.4, -0.2) is 59.4 Å². The molecule has 1 aliphatic heterocycles. The number of aryl methyl sites for hydroxylation is 1. The van der Waals surface area contributed by atoms with Crippen molar-refractivity contribution in [3.63, 3.8) is 0 Å². The normalized spacial score (nSPS) is 15.6. The van der Waals surface area contributed by atoms with Crippen molar-refractivity contribution >= 4 is 23.3 Å². The van der Waals surface area contributed by atoms with Crippen LogP contribution in [0.2, 0.25) is 0 Å². The number of urea groups is 1. The Morgan fingerprint density at radius 2 is 1.81 bits per heavy atom. The Morgan fingerprint density at radius 3 is 2.42 bits per heavy atom. The van der Waals surface area contributed by atoms with Gasteiger partial charge in [-0.3, -0.25) is 4.79 Å². The monoisotopic (exact) mass is 372 g/mol. The molecule has 6 nitrogen and oxygen atoms in total. The number of carbonyl (C=O) groups excluding carboxylic acids is 2. The van der Waals surface area contributed by atoms with E-state index in [0.29, 0.717) is 38.3 Å². The lowest BCUT2D eigenvalue weighted by atomic mass is 10.1. The molecule has 2 heterocycles. The Hall–Kier alpha value is -2.41. The number of nitrogens with zero attached hydrogens (tertiary/aromatic N) is 3. The molecule has 138 valence electrons. The van der Waals surface area contributed by atoms with Crippen LogP contribution < -0.4 is 5.32 Å². The molecule has 0 radical (unpaired) electrons. The summed E-state index contributed by atoms with van der Waals surface area (Å²) in [5.41, 5.74) is 1.83. The van der Waals surface area contributed by atoms with E-state index in [1.54, 1.807) is 22.4 Å². The van der Waals surface area contributed by atoms with E-state index in [1.165, 1.54) is 0 Å². The molecule has 1 aliphatic rings. The van der Waals surface area contributed by atoms with Gasteiger partial charge in [-0.05, 0) is 19.1 Å². The van der Waals surface area contributed by atoms with Crippen molar-refractivity contribution < 1.29 is 9.59 Å². The van der Waals surface area contributed by atoms with Crippen LogP contribution in [0.25, 0.3) is 0 Å². The molecule has 3 rings (SSSR count). The Labute approximate surface area is 157 Å². The second-order valence-electron chi connectivity index (χ2n) is 6.60. The van der Waals surface area contributed by atoms with Gasteiger partial charge in [0.15, 0.2) is 0 Å². The van der Waals surface area contributed by atoms with Crippen LogP contribution in [-0.2, 0) is 0 Å². The fourth-order valence-corrected chi connectivity index (χ4v) is 3.61. The van der Waals surface area contributed by atoms with Crippen LogP contribution in [0.15, 0.2) is 35.8 Å². The Bertz CT molecular complexity index is 737. The van der Waals surface area contributed by atoms with Crippen molar-refractivity contribution in [3.05, 3.63) is 52.0 Å². The van der Waals surface area contributed by atoms with Gasteiger partial charge in [0, 0.05) is 55.8 Å². The molecular formula is C19H24N4O2S. The van der Waals surface area contributed by atoms with Crippen molar-refractivity contribution in [1.82, 2.24) is 20.1 Å². The molecule has 26 heavy (non-hydrogen) atoms. The van der Waals surface area contributed by atoms with Gasteiger partial charge in [0.2, 0.25) is 0 Å². The number of rotatable bonds is 4. The molecule has 1 fully saturated rings. The zero-order valence-corrected chi connectivity index (χ0v) is 16.0. The van der Waals surface area contributed by atoms with Crippen molar-refractivity contribution in [2.24, 2.45) is 0 Å². The summed E-state index contributed by atoms with van der Waals surface area (Å²) < 4.78 is 0. The van der Waals surface area contributed by atoms with Crippen molar-refractivity contribution in [2.75, 3.05) is 32.7 Å². The molecule has 1 aromatic heterocycles. The fourth-order valence-electron chi connectivity index (χ4n) is 2.91. The minimum atomic E-state index is -0.0733. The molecule has 0 aliphatic carbocycles. The van der Waals surface area contributed by atoms with E-state index in [2.05, 4.69) is 17.2 Å². The van der Waals surface area contributed by atoms with Gasteiger partial charge in [-0.2, -0.15) is 0 Å². The molecule has 2 aromatic rings. The minimum absolute atomic E-state index is 0.0300. The van der Waals surface area contributed by atoms with Gasteiger partial charge in [-0.25, -0.2) is 9.78 Å². The number of nitrogens with one attached hydrogen (secondary N) is 1. The van der Waals surface area contributed by atoms with Crippen LogP contribution in [0.3, 0.4) is 0 Å². The minimum Gasteiger partial charge on any atom is -0.337 e. The maximum absolute atomic E-state index is 12.5. The van der Waals surface area contributed by atoms with Gasteiger partial charge in [-0.1, -0.05) is 24.6 Å². The summed E-state index contributed by atoms with van der Waals surface area (Å²) in [5, 5.41) is 5.94. The highest BCUT2D eigenvalue weighted by Gasteiger charge is 2.25. The van der Waals surface area contributed by atoms with E-state index in [-0.39, 0.29) is 17.9 Å². The van der Waals surface area contributed by atoms with Crippen LogP contribution in [0.4, 0.5) is 4.79 Å². The first kappa shape index (κ1) is 18.4. The quantitative estimate of drug-likeness (QED) is 0.897. The summed E-state index contributed by atoms with van der Waals surface area (Å²) in [6, 6.07) is 7.53. The number of hydrogen-bond donors (Lipinski definition) is 1. The summed E-state index contributed by atoms with van der Waals surface area (Å²) in [5.74, 6) is 0.228. The largest absolute Gasteiger partial charge is 0.337 e. The Morgan fingerprint density at radius 1 is 1.15 bits per heavy atom. The Kier molecular flexibility index (Phi) is 5.88. The van der Waals surface area contributed by atoms with Crippen LogP contribution in [0.5, 0.6) is 0 Å². The number of aromatic nitrogens is 1. The average molecular weight is 372 g/mol. The third-order valence-corrected chi connectivity index (χ3v) is 5.59. The zero-order chi connectivity index (χ0) is 18.5. The summed E-state index contributed by atoms with van der Waals surface area (Å²) in [6.07, 6.45) is 1.78. The molecule has 1 atom stereocenters. The van der Waals surface area contributed by atoms with E-state index >= 15 is 0 Å². The third-order valence-electron chi connectivity index (χ3n) is 4.59. The lowest BCUT2D eigenvalue weighted by molar-refractivity contribution is 0.0665. The first-order valence-electron chi connectivity index (χ1n) is 8.82. The van der Waals surface area contributed by atoms with Crippen molar-refractivity contribution in [2.45, 2.75) is 19.8 Å². The number of thiazole rings is 1. The summed E-state index contributed by atoms with van der Waals surface area (Å²) in [6.45, 7) is 6.83. The van der Waals surface area contributed by atoms with Crippen LogP contribution in [0, 0.1) is 6.92 Å². The summed E-state index contributed by atoms with van der Waals surface area (Å²) in [4.78, 5) is 32.7. The topological polar surface area (TPSA) is 65.5 Å². The second-order valence-corrected chi connectivity index (χ2v) is 7.53. The van der Waals surface area contributed by atoms with E-state index < -0.39 is 0 Å². The molecule has 0 saturated carbocycles. The average Bonchev–Trinajstić information content (AvgIpc) is 3.21. The van der Waals surface area contributed by atoms with E-state index in [1.807, 2.05) is 41.5 Å². The zero-order valence-electron chi connectivity index (χ0n) is 15.1. The van der Waals surface area contributed by atoms with Gasteiger partial charge in [0.1, 0.15) is 0 Å². The molecule has 1 aromatic carbocycles. The van der Waals surface area contributed by atoms with Crippen molar-refractivity contribution in [3.8, 4) is 0 Å². The molecular weight excluding hydrogens is 348 g/mol. The number of hydrogen-bond acceptors (Lipinski definition) is 4. The SMILES string of the molecule is Cc1ccc(C(=O)N2CCN(C(=O)NCC(C)c3nccs3)CC2)cc1. The first-order chi connectivity index (χ1) is 12.5. The van der Waals surface area contributed by atoms with Gasteiger partial charge in [0.25, 0.3) is 5.91 Å². The highest BCUT2D eigenvalue weighted by molar-refractivity contribution is 7.09. The van der Waals surface area contributed by atoms with Crippen LogP contribution in [0.1, 0.15) is 33.8 Å². The molecule has 1 N–H and O–H groups in total. The molecule has 1 unspecified atom stereocenters. The van der Waals surface area contributed by atoms with E-state index in [9.17, 15) is 9.59 Å². The smallest absolute Gasteiger partial charge is 0.317 e. The molecule has 1 saturated heterocycles. The van der Waals surface area contributed by atoms with E-state index in [4.69, 9.17) is 0 Å². The first-order valence-corrected chi connectivity index (χ1v) is 9.70. The summed E-state index contributed by atoms with van der Waals surface area (Å²) in [7, 11) is 0. The number of piperazine rings is 1. The summed E-state index contributed by atoms with van der Waals surface area (Å²) >= 11 is 1.60. The molecule has 0 spiro atoms. The predicted molar refractivity (Wildman–Crippen MR) is 103 cm³/mol. The standard InChI is InChI=1S/C19H24N4O2S/c1-14-3-5-16(6-4-14)18(24)22-8-10-23(11-9-22)19(25)21-13-15(2)17-20-7-12-26-17/h3-7,12,15H,8-11,13H2,1-2H3,(H,21,25). The lowest BCUT2D eigenvalue weighted by Gasteiger charge is -2.35. The lowest BCUT2D eigenvalue weighted by Crippen LogP contribution is -2.53. The molecule has 7 heteroatoms. The maximum atomic E-state index is 12.5. The van der Waals surface area contributed by atoms with Gasteiger partial charge >= 0.3 is 6.03 Å². The highest BCUT2D eigenvalue weighted by Crippen LogP contribution is 2.16. The Balaban J connectivity index is 1.46. The van der Waals surface area contributed by atoms with Gasteiger partial charge in [-0.15, -0.1) is 11.3 Å². The van der Waals surface area contributed by atoms with Crippen molar-refractivity contribution in [1.29, 1.82) is 0 Å². The maximum Gasteiger partial charge on any atom is 0.317 e. The third kappa shape index (κ3) is 4.40. The predicted octanol–water partition coefficient (Wildman–Crippen LogP) is 2.72.